The molecule has 0 fully saturated rings. The normalized spacial score (nSPS) is 14.8. The lowest BCUT2D eigenvalue weighted by Crippen LogP contribution is -2.09. The maximum atomic E-state index is 9.68. The summed E-state index contributed by atoms with van der Waals surface area (Å²) < 4.78 is 5.28. The zero-order valence-electron chi connectivity index (χ0n) is 7.50. The largest absolute Gasteiger partial charge is 0.507 e. The summed E-state index contributed by atoms with van der Waals surface area (Å²) in [6.07, 6.45) is 1.67. The maximum absolute atomic E-state index is 9.68. The van der Waals surface area contributed by atoms with E-state index in [1.165, 1.54) is 6.07 Å². The Kier molecular flexibility index (Phi) is 1.79. The van der Waals surface area contributed by atoms with Crippen molar-refractivity contribution in [2.75, 3.05) is 6.61 Å². The summed E-state index contributed by atoms with van der Waals surface area (Å²) in [4.78, 5) is 0. The van der Waals surface area contributed by atoms with Gasteiger partial charge in [0.25, 0.3) is 0 Å². The molecular formula is C10H12O3. The van der Waals surface area contributed by atoms with E-state index < -0.39 is 0 Å². The van der Waals surface area contributed by atoms with Gasteiger partial charge in [0.2, 0.25) is 0 Å². The van der Waals surface area contributed by atoms with Gasteiger partial charge in [0.15, 0.2) is 11.5 Å². The van der Waals surface area contributed by atoms with Crippen LogP contribution in [-0.2, 0) is 6.42 Å². The van der Waals surface area contributed by atoms with E-state index >= 15 is 0 Å². The van der Waals surface area contributed by atoms with E-state index in [4.69, 9.17) is 4.74 Å². The van der Waals surface area contributed by atoms with Crippen LogP contribution in [0.1, 0.15) is 17.5 Å². The molecule has 2 rings (SSSR count). The molecule has 0 amide bonds. The SMILES string of the molecule is Cc1cc(O)c2c(c1O)CCCO2. The zero-order chi connectivity index (χ0) is 9.42. The van der Waals surface area contributed by atoms with Crippen LogP contribution in [0.25, 0.3) is 0 Å². The third-order valence-corrected chi connectivity index (χ3v) is 2.34. The van der Waals surface area contributed by atoms with Crippen LogP contribution in [0.15, 0.2) is 6.07 Å². The Morgan fingerprint density at radius 2 is 2.15 bits per heavy atom. The molecule has 1 aliphatic heterocycles. The fraction of sp³-hybridized carbons (Fsp3) is 0.400. The molecule has 0 spiro atoms. The van der Waals surface area contributed by atoms with Crippen molar-refractivity contribution in [1.29, 1.82) is 0 Å². The van der Waals surface area contributed by atoms with Crippen molar-refractivity contribution in [3.8, 4) is 17.2 Å². The zero-order valence-corrected chi connectivity index (χ0v) is 7.50. The predicted molar refractivity (Wildman–Crippen MR) is 48.3 cm³/mol. The summed E-state index contributed by atoms with van der Waals surface area (Å²) >= 11 is 0. The molecule has 0 aliphatic carbocycles. The van der Waals surface area contributed by atoms with Gasteiger partial charge in [-0.1, -0.05) is 0 Å². The number of phenolic OH excluding ortho intramolecular Hbond substituents is 2. The minimum atomic E-state index is 0.130. The third-order valence-electron chi connectivity index (χ3n) is 2.34. The topological polar surface area (TPSA) is 49.7 Å². The molecule has 0 atom stereocenters. The Labute approximate surface area is 76.6 Å². The minimum Gasteiger partial charge on any atom is -0.507 e. The first kappa shape index (κ1) is 8.23. The molecule has 3 nitrogen and oxygen atoms in total. The van der Waals surface area contributed by atoms with Crippen molar-refractivity contribution in [2.24, 2.45) is 0 Å². The van der Waals surface area contributed by atoms with Crippen LogP contribution in [0, 0.1) is 6.92 Å². The first-order chi connectivity index (χ1) is 6.20. The molecule has 0 aromatic heterocycles. The number of fused-ring (bicyclic) bond motifs is 1. The average Bonchev–Trinajstić information content (AvgIpc) is 2.15. The third kappa shape index (κ3) is 1.20. The number of aromatic hydroxyl groups is 2. The number of phenols is 2. The first-order valence-electron chi connectivity index (χ1n) is 4.37. The first-order valence-corrected chi connectivity index (χ1v) is 4.37. The summed E-state index contributed by atoms with van der Waals surface area (Å²) in [6, 6.07) is 1.53. The number of aryl methyl sites for hydroxylation is 1. The van der Waals surface area contributed by atoms with Crippen molar-refractivity contribution < 1.29 is 14.9 Å². The van der Waals surface area contributed by atoms with Crippen LogP contribution in [0.4, 0.5) is 0 Å². The highest BCUT2D eigenvalue weighted by Gasteiger charge is 2.19. The Morgan fingerprint density at radius 3 is 2.92 bits per heavy atom. The Morgan fingerprint density at radius 1 is 1.38 bits per heavy atom. The average molecular weight is 180 g/mol. The van der Waals surface area contributed by atoms with Crippen molar-refractivity contribution >= 4 is 0 Å². The number of ether oxygens (including phenoxy) is 1. The van der Waals surface area contributed by atoms with Crippen LogP contribution in [0.3, 0.4) is 0 Å². The van der Waals surface area contributed by atoms with Gasteiger partial charge < -0.3 is 14.9 Å². The van der Waals surface area contributed by atoms with Gasteiger partial charge in [0, 0.05) is 5.56 Å². The molecule has 3 heteroatoms. The lowest BCUT2D eigenvalue weighted by Gasteiger charge is -2.20. The van der Waals surface area contributed by atoms with Crippen LogP contribution >= 0.6 is 0 Å². The number of rotatable bonds is 0. The van der Waals surface area contributed by atoms with Gasteiger partial charge in [-0.05, 0) is 31.4 Å². The summed E-state index contributed by atoms with van der Waals surface area (Å²) in [5.74, 6) is 0.840. The van der Waals surface area contributed by atoms with E-state index in [0.717, 1.165) is 18.4 Å². The molecule has 1 aliphatic rings. The highest BCUT2D eigenvalue weighted by Crippen LogP contribution is 2.41. The molecule has 13 heavy (non-hydrogen) atoms. The monoisotopic (exact) mass is 180 g/mol. The number of hydrogen-bond donors (Lipinski definition) is 2. The summed E-state index contributed by atoms with van der Waals surface area (Å²) in [6.45, 7) is 2.38. The second-order valence-electron chi connectivity index (χ2n) is 3.32. The van der Waals surface area contributed by atoms with Crippen molar-refractivity contribution in [3.63, 3.8) is 0 Å². The van der Waals surface area contributed by atoms with Gasteiger partial charge in [-0.25, -0.2) is 0 Å². The van der Waals surface area contributed by atoms with Crippen LogP contribution in [0.5, 0.6) is 17.2 Å². The van der Waals surface area contributed by atoms with Gasteiger partial charge in [-0.3, -0.25) is 0 Å². The second kappa shape index (κ2) is 2.83. The van der Waals surface area contributed by atoms with E-state index in [-0.39, 0.29) is 11.5 Å². The number of benzene rings is 1. The van der Waals surface area contributed by atoms with Gasteiger partial charge in [-0.2, -0.15) is 0 Å². The lowest BCUT2D eigenvalue weighted by molar-refractivity contribution is 0.268. The Balaban J connectivity index is 2.63. The van der Waals surface area contributed by atoms with Gasteiger partial charge in [0.05, 0.1) is 6.61 Å². The van der Waals surface area contributed by atoms with Gasteiger partial charge in [-0.15, -0.1) is 0 Å². The summed E-state index contributed by atoms with van der Waals surface area (Å²) in [5.41, 5.74) is 1.44. The Bertz CT molecular complexity index is 345. The molecular weight excluding hydrogens is 168 g/mol. The number of hydrogen-bond acceptors (Lipinski definition) is 3. The molecule has 0 radical (unpaired) electrons. The van der Waals surface area contributed by atoms with Crippen molar-refractivity contribution in [1.82, 2.24) is 0 Å². The van der Waals surface area contributed by atoms with E-state index in [1.54, 1.807) is 6.92 Å². The van der Waals surface area contributed by atoms with E-state index in [1.807, 2.05) is 0 Å². The fourth-order valence-corrected chi connectivity index (χ4v) is 1.66. The summed E-state index contributed by atoms with van der Waals surface area (Å²) in [7, 11) is 0. The maximum Gasteiger partial charge on any atom is 0.167 e. The minimum absolute atomic E-state index is 0.130. The Hall–Kier alpha value is -1.38. The molecule has 1 heterocycles. The fourth-order valence-electron chi connectivity index (χ4n) is 1.66. The molecule has 0 unspecified atom stereocenters. The molecule has 1 aromatic carbocycles. The van der Waals surface area contributed by atoms with Crippen LogP contribution < -0.4 is 4.74 Å². The van der Waals surface area contributed by atoms with Gasteiger partial charge in [0.1, 0.15) is 5.75 Å². The second-order valence-corrected chi connectivity index (χ2v) is 3.32. The predicted octanol–water partition coefficient (Wildman–Crippen LogP) is 1.73. The molecule has 0 bridgehead atoms. The lowest BCUT2D eigenvalue weighted by atomic mass is 10.0. The standard InChI is InChI=1S/C10H12O3/c1-6-5-8(11)10-7(9(6)12)3-2-4-13-10/h5,11-12H,2-4H2,1H3. The van der Waals surface area contributed by atoms with E-state index in [9.17, 15) is 10.2 Å². The van der Waals surface area contributed by atoms with E-state index in [0.29, 0.717) is 17.9 Å². The van der Waals surface area contributed by atoms with Crippen molar-refractivity contribution in [2.45, 2.75) is 19.8 Å². The van der Waals surface area contributed by atoms with Crippen LogP contribution in [0.2, 0.25) is 0 Å². The van der Waals surface area contributed by atoms with Crippen molar-refractivity contribution in [3.05, 3.63) is 17.2 Å². The highest BCUT2D eigenvalue weighted by atomic mass is 16.5. The molecule has 1 aromatic rings. The smallest absolute Gasteiger partial charge is 0.167 e. The summed E-state index contributed by atoms with van der Waals surface area (Å²) in [5, 5.41) is 19.2. The highest BCUT2D eigenvalue weighted by molar-refractivity contribution is 5.57. The molecule has 2 N–H and O–H groups in total. The van der Waals surface area contributed by atoms with Crippen LogP contribution in [-0.4, -0.2) is 16.8 Å². The molecule has 70 valence electrons. The quantitative estimate of drug-likeness (QED) is 0.598. The molecule has 0 saturated carbocycles. The van der Waals surface area contributed by atoms with Gasteiger partial charge >= 0.3 is 0 Å². The molecule has 0 saturated heterocycles. The van der Waals surface area contributed by atoms with E-state index in [2.05, 4.69) is 0 Å².